The highest BCUT2D eigenvalue weighted by Gasteiger charge is 2.18. The molecule has 0 bridgehead atoms. The molecule has 0 atom stereocenters. The number of aryl methyl sites for hydroxylation is 1. The van der Waals surface area contributed by atoms with Gasteiger partial charge in [-0.1, -0.05) is 12.1 Å². The number of nitrogens with zero attached hydrogens (tertiary/aromatic N) is 4. The van der Waals surface area contributed by atoms with Crippen LogP contribution in [0.4, 0.5) is 5.69 Å². The van der Waals surface area contributed by atoms with Crippen LogP contribution in [0.3, 0.4) is 0 Å². The van der Waals surface area contributed by atoms with Gasteiger partial charge in [0.05, 0.1) is 28.1 Å². The highest BCUT2D eigenvalue weighted by atomic mass is 15.0. The maximum atomic E-state index is 4.82. The number of nitrogens with one attached hydrogen (secondary N) is 1. The Kier molecular flexibility index (Phi) is 4.89. The maximum Gasteiger partial charge on any atom is 0.138 e. The van der Waals surface area contributed by atoms with Crippen molar-refractivity contribution >= 4 is 22.4 Å². The molecule has 3 heterocycles. The minimum absolute atomic E-state index is 0.802. The normalized spacial score (nSPS) is 13.1. The zero-order valence-electron chi connectivity index (χ0n) is 17.4. The molecule has 0 saturated carbocycles. The molecule has 5 heteroatoms. The molecule has 2 aromatic heterocycles. The van der Waals surface area contributed by atoms with Gasteiger partial charge in [0.25, 0.3) is 0 Å². The van der Waals surface area contributed by atoms with E-state index in [1.54, 1.807) is 0 Å². The first-order valence-corrected chi connectivity index (χ1v) is 10.4. The highest BCUT2D eigenvalue weighted by Crippen LogP contribution is 2.32. The van der Waals surface area contributed by atoms with E-state index in [1.807, 2.05) is 24.4 Å². The third kappa shape index (κ3) is 3.76. The smallest absolute Gasteiger partial charge is 0.138 e. The molecule has 1 aliphatic heterocycles. The molecule has 0 aliphatic carbocycles. The Bertz CT molecular complexity index is 1220. The van der Waals surface area contributed by atoms with Gasteiger partial charge < -0.3 is 9.88 Å². The number of imidazole rings is 1. The van der Waals surface area contributed by atoms with E-state index in [9.17, 15) is 0 Å². The molecule has 2 aromatic carbocycles. The Morgan fingerprint density at radius 3 is 2.80 bits per heavy atom. The molecule has 0 unspecified atom stereocenters. The molecule has 0 saturated heterocycles. The van der Waals surface area contributed by atoms with Crippen LogP contribution in [-0.4, -0.2) is 46.2 Å². The van der Waals surface area contributed by atoms with Gasteiger partial charge in [0.2, 0.25) is 0 Å². The average Bonchev–Trinajstić information content (AvgIpc) is 3.37. The zero-order chi connectivity index (χ0) is 20.5. The van der Waals surface area contributed by atoms with E-state index in [0.29, 0.717) is 0 Å². The molecular formula is C25H25N5. The van der Waals surface area contributed by atoms with E-state index in [2.05, 4.69) is 65.4 Å². The van der Waals surface area contributed by atoms with Gasteiger partial charge in [-0.25, -0.2) is 4.98 Å². The largest absolute Gasteiger partial charge is 0.338 e. The summed E-state index contributed by atoms with van der Waals surface area (Å²) in [6.45, 7) is 1.10. The Morgan fingerprint density at radius 2 is 1.97 bits per heavy atom. The van der Waals surface area contributed by atoms with Gasteiger partial charge in [-0.3, -0.25) is 9.98 Å². The van der Waals surface area contributed by atoms with Crippen molar-refractivity contribution in [2.24, 2.45) is 4.99 Å². The Morgan fingerprint density at radius 1 is 1.03 bits per heavy atom. The Hall–Kier alpha value is -3.31. The SMILES string of the molecule is CN(C)CCCc1ccc2nc(-c3ccc4c(c3)CC(c3ccccn3)=N4)[nH]c2c1. The number of aromatic nitrogens is 3. The summed E-state index contributed by atoms with van der Waals surface area (Å²) in [6, 6.07) is 18.9. The predicted octanol–water partition coefficient (Wildman–Crippen LogP) is 4.80. The molecule has 1 aliphatic rings. The van der Waals surface area contributed by atoms with E-state index in [1.165, 1.54) is 11.1 Å². The monoisotopic (exact) mass is 395 g/mol. The fourth-order valence-electron chi connectivity index (χ4n) is 3.98. The topological polar surface area (TPSA) is 57.2 Å². The number of hydrogen-bond acceptors (Lipinski definition) is 4. The van der Waals surface area contributed by atoms with Crippen molar-refractivity contribution in [2.45, 2.75) is 19.3 Å². The quantitative estimate of drug-likeness (QED) is 0.510. The second-order valence-electron chi connectivity index (χ2n) is 8.14. The van der Waals surface area contributed by atoms with Gasteiger partial charge in [0.1, 0.15) is 5.82 Å². The minimum Gasteiger partial charge on any atom is -0.338 e. The molecule has 150 valence electrons. The Labute approximate surface area is 176 Å². The molecule has 5 nitrogen and oxygen atoms in total. The van der Waals surface area contributed by atoms with Gasteiger partial charge in [-0.2, -0.15) is 0 Å². The lowest BCUT2D eigenvalue weighted by molar-refractivity contribution is 0.400. The van der Waals surface area contributed by atoms with Crippen molar-refractivity contribution in [3.8, 4) is 11.4 Å². The summed E-state index contributed by atoms with van der Waals surface area (Å²) in [4.78, 5) is 19.8. The van der Waals surface area contributed by atoms with Crippen molar-refractivity contribution in [1.29, 1.82) is 0 Å². The minimum atomic E-state index is 0.802. The van der Waals surface area contributed by atoms with Crippen LogP contribution >= 0.6 is 0 Å². The second-order valence-corrected chi connectivity index (χ2v) is 8.14. The summed E-state index contributed by atoms with van der Waals surface area (Å²) in [6.07, 6.45) is 4.85. The number of pyridine rings is 1. The molecule has 0 fully saturated rings. The van der Waals surface area contributed by atoms with Gasteiger partial charge in [-0.15, -0.1) is 0 Å². The van der Waals surface area contributed by atoms with E-state index < -0.39 is 0 Å². The fraction of sp³-hybridized carbons (Fsp3) is 0.240. The van der Waals surface area contributed by atoms with Crippen LogP contribution < -0.4 is 0 Å². The second kappa shape index (κ2) is 7.84. The molecule has 30 heavy (non-hydrogen) atoms. The molecule has 5 rings (SSSR count). The molecule has 4 aromatic rings. The summed E-state index contributed by atoms with van der Waals surface area (Å²) < 4.78 is 0. The Balaban J connectivity index is 1.37. The summed E-state index contributed by atoms with van der Waals surface area (Å²) >= 11 is 0. The lowest BCUT2D eigenvalue weighted by Gasteiger charge is -2.08. The third-order valence-electron chi connectivity index (χ3n) is 5.54. The highest BCUT2D eigenvalue weighted by molar-refractivity contribution is 6.05. The summed E-state index contributed by atoms with van der Waals surface area (Å²) in [5, 5.41) is 0. The van der Waals surface area contributed by atoms with E-state index >= 15 is 0 Å². The van der Waals surface area contributed by atoms with Gasteiger partial charge >= 0.3 is 0 Å². The first-order valence-electron chi connectivity index (χ1n) is 10.4. The van der Waals surface area contributed by atoms with Crippen molar-refractivity contribution in [3.63, 3.8) is 0 Å². The standard InChI is InChI=1S/C25H25N5/c1-30(2)13-5-6-17-8-10-22-23(14-17)29-25(28-22)18-9-11-20-19(15-18)16-24(27-20)21-7-3-4-12-26-21/h3-4,7-12,14-15H,5-6,13,16H2,1-2H3,(H,28,29). The number of aliphatic imine (C=N–C) groups is 1. The third-order valence-corrected chi connectivity index (χ3v) is 5.54. The summed E-state index contributed by atoms with van der Waals surface area (Å²) in [7, 11) is 4.23. The summed E-state index contributed by atoms with van der Waals surface area (Å²) in [5.74, 6) is 0.907. The zero-order valence-corrected chi connectivity index (χ0v) is 17.4. The first kappa shape index (κ1) is 18.7. The van der Waals surface area contributed by atoms with Crippen LogP contribution in [0.2, 0.25) is 0 Å². The lowest BCUT2D eigenvalue weighted by Crippen LogP contribution is -2.13. The van der Waals surface area contributed by atoms with Gasteiger partial charge in [0, 0.05) is 18.2 Å². The van der Waals surface area contributed by atoms with Crippen LogP contribution in [0.25, 0.3) is 22.4 Å². The lowest BCUT2D eigenvalue weighted by atomic mass is 10.0. The van der Waals surface area contributed by atoms with Crippen molar-refractivity contribution < 1.29 is 0 Å². The van der Waals surface area contributed by atoms with Crippen LogP contribution in [0.5, 0.6) is 0 Å². The molecular weight excluding hydrogens is 370 g/mol. The fourth-order valence-corrected chi connectivity index (χ4v) is 3.98. The van der Waals surface area contributed by atoms with Crippen LogP contribution in [0, 0.1) is 0 Å². The van der Waals surface area contributed by atoms with Crippen molar-refractivity contribution in [3.05, 3.63) is 77.6 Å². The number of rotatable bonds is 6. The average molecular weight is 396 g/mol. The van der Waals surface area contributed by atoms with Crippen LogP contribution in [0.1, 0.15) is 23.2 Å². The van der Waals surface area contributed by atoms with E-state index in [0.717, 1.165) is 65.3 Å². The van der Waals surface area contributed by atoms with Crippen LogP contribution in [0.15, 0.2) is 65.8 Å². The number of fused-ring (bicyclic) bond motifs is 2. The van der Waals surface area contributed by atoms with Crippen LogP contribution in [-0.2, 0) is 12.8 Å². The molecule has 0 spiro atoms. The van der Waals surface area contributed by atoms with Gasteiger partial charge in [0.15, 0.2) is 0 Å². The number of aromatic amines is 1. The van der Waals surface area contributed by atoms with E-state index in [4.69, 9.17) is 9.98 Å². The number of H-pyrrole nitrogens is 1. The van der Waals surface area contributed by atoms with Crippen molar-refractivity contribution in [1.82, 2.24) is 19.9 Å². The molecule has 0 radical (unpaired) electrons. The van der Waals surface area contributed by atoms with Crippen molar-refractivity contribution in [2.75, 3.05) is 20.6 Å². The number of hydrogen-bond donors (Lipinski definition) is 1. The van der Waals surface area contributed by atoms with E-state index in [-0.39, 0.29) is 0 Å². The molecule has 1 N–H and O–H groups in total. The molecule has 0 amide bonds. The first-order chi connectivity index (χ1) is 14.7. The number of benzene rings is 2. The summed E-state index contributed by atoms with van der Waals surface area (Å²) in [5.41, 5.74) is 8.76. The maximum absolute atomic E-state index is 4.82. The van der Waals surface area contributed by atoms with Gasteiger partial charge in [-0.05, 0) is 87.1 Å². The predicted molar refractivity (Wildman–Crippen MR) is 123 cm³/mol.